The third-order valence-corrected chi connectivity index (χ3v) is 2.21. The average molecular weight is 186 g/mol. The van der Waals surface area contributed by atoms with Gasteiger partial charge < -0.3 is 14.6 Å². The van der Waals surface area contributed by atoms with Gasteiger partial charge in [-0.2, -0.15) is 0 Å². The molecular weight excluding hydrogens is 168 g/mol. The van der Waals surface area contributed by atoms with Gasteiger partial charge in [-0.1, -0.05) is 6.08 Å². The molecule has 1 N–H and O–H groups in total. The van der Waals surface area contributed by atoms with Gasteiger partial charge in [0.15, 0.2) is 5.79 Å². The Morgan fingerprint density at radius 1 is 1.54 bits per heavy atom. The Morgan fingerprint density at radius 3 is 2.62 bits per heavy atom. The van der Waals surface area contributed by atoms with Gasteiger partial charge in [0, 0.05) is 12.8 Å². The number of hydrogen-bond donors (Lipinski definition) is 1. The Labute approximate surface area is 79.3 Å². The molecule has 1 saturated heterocycles. The van der Waals surface area contributed by atoms with Gasteiger partial charge >= 0.3 is 0 Å². The highest BCUT2D eigenvalue weighted by molar-refractivity contribution is 4.83. The van der Waals surface area contributed by atoms with Crippen LogP contribution in [0.15, 0.2) is 12.7 Å². The minimum absolute atomic E-state index is 0.297. The largest absolute Gasteiger partial charge is 0.393 e. The van der Waals surface area contributed by atoms with Crippen molar-refractivity contribution in [3.8, 4) is 0 Å². The molecule has 1 heterocycles. The van der Waals surface area contributed by atoms with E-state index in [1.165, 1.54) is 0 Å². The molecule has 0 amide bonds. The van der Waals surface area contributed by atoms with Gasteiger partial charge in [-0.25, -0.2) is 0 Å². The molecular formula is C10H18O3. The van der Waals surface area contributed by atoms with Crippen molar-refractivity contribution in [1.29, 1.82) is 0 Å². The van der Waals surface area contributed by atoms with E-state index in [4.69, 9.17) is 14.6 Å². The van der Waals surface area contributed by atoms with E-state index >= 15 is 0 Å². The van der Waals surface area contributed by atoms with Crippen LogP contribution in [-0.4, -0.2) is 30.2 Å². The van der Waals surface area contributed by atoms with E-state index in [1.54, 1.807) is 13.0 Å². The Morgan fingerprint density at radius 2 is 2.15 bits per heavy atom. The maximum Gasteiger partial charge on any atom is 0.171 e. The van der Waals surface area contributed by atoms with Crippen LogP contribution in [0.2, 0.25) is 0 Å². The molecule has 1 aliphatic heterocycles. The molecule has 0 aliphatic carbocycles. The summed E-state index contributed by atoms with van der Waals surface area (Å²) >= 11 is 0. The summed E-state index contributed by atoms with van der Waals surface area (Å²) in [6, 6.07) is 0. The molecule has 1 fully saturated rings. The van der Waals surface area contributed by atoms with Gasteiger partial charge in [-0.15, -0.1) is 6.58 Å². The van der Waals surface area contributed by atoms with Gasteiger partial charge in [-0.05, 0) is 13.3 Å². The number of aliphatic hydroxyl groups is 1. The van der Waals surface area contributed by atoms with Gasteiger partial charge in [0.1, 0.15) is 0 Å². The van der Waals surface area contributed by atoms with E-state index in [2.05, 4.69) is 6.58 Å². The fraction of sp³-hybridized carbons (Fsp3) is 0.800. The fourth-order valence-corrected chi connectivity index (χ4v) is 1.51. The summed E-state index contributed by atoms with van der Waals surface area (Å²) in [7, 11) is 0. The Hall–Kier alpha value is -0.380. The second-order valence-electron chi connectivity index (χ2n) is 3.49. The van der Waals surface area contributed by atoms with Gasteiger partial charge in [0.2, 0.25) is 0 Å². The SMILES string of the molecule is C=CCC1(CC[C@@H](C)O)OCCO1. The zero-order valence-electron chi connectivity index (χ0n) is 8.16. The highest BCUT2D eigenvalue weighted by Gasteiger charge is 2.34. The van der Waals surface area contributed by atoms with Gasteiger partial charge in [0.25, 0.3) is 0 Å². The van der Waals surface area contributed by atoms with Crippen molar-refractivity contribution in [2.45, 2.75) is 38.1 Å². The number of rotatable bonds is 5. The highest BCUT2D eigenvalue weighted by atomic mass is 16.7. The fourth-order valence-electron chi connectivity index (χ4n) is 1.51. The van der Waals surface area contributed by atoms with Crippen LogP contribution in [0.5, 0.6) is 0 Å². The lowest BCUT2D eigenvalue weighted by molar-refractivity contribution is -0.162. The molecule has 0 radical (unpaired) electrons. The molecule has 13 heavy (non-hydrogen) atoms. The second kappa shape index (κ2) is 4.74. The van der Waals surface area contributed by atoms with Crippen LogP contribution in [0.4, 0.5) is 0 Å². The third-order valence-electron chi connectivity index (χ3n) is 2.21. The predicted octanol–water partition coefficient (Wildman–Crippen LogP) is 1.47. The Balaban J connectivity index is 2.41. The van der Waals surface area contributed by atoms with Crippen molar-refractivity contribution in [1.82, 2.24) is 0 Å². The molecule has 3 heteroatoms. The first-order valence-electron chi connectivity index (χ1n) is 4.75. The summed E-state index contributed by atoms with van der Waals surface area (Å²) in [4.78, 5) is 0. The first-order valence-corrected chi connectivity index (χ1v) is 4.75. The van der Waals surface area contributed by atoms with Crippen LogP contribution in [-0.2, 0) is 9.47 Å². The van der Waals surface area contributed by atoms with Crippen molar-refractivity contribution in [3.05, 3.63) is 12.7 Å². The number of ether oxygens (including phenoxy) is 2. The quantitative estimate of drug-likeness (QED) is 0.661. The molecule has 0 spiro atoms. The molecule has 1 aliphatic rings. The molecule has 0 saturated carbocycles. The van der Waals surface area contributed by atoms with Crippen molar-refractivity contribution >= 4 is 0 Å². The van der Waals surface area contributed by atoms with Crippen molar-refractivity contribution in [2.75, 3.05) is 13.2 Å². The van der Waals surface area contributed by atoms with Gasteiger partial charge in [0.05, 0.1) is 19.3 Å². The molecule has 76 valence electrons. The Kier molecular flexibility index (Phi) is 3.90. The summed E-state index contributed by atoms with van der Waals surface area (Å²) in [5.41, 5.74) is 0. The number of aliphatic hydroxyl groups excluding tert-OH is 1. The summed E-state index contributed by atoms with van der Waals surface area (Å²) < 4.78 is 11.1. The van der Waals surface area contributed by atoms with E-state index in [9.17, 15) is 0 Å². The van der Waals surface area contributed by atoms with Crippen LogP contribution in [0.25, 0.3) is 0 Å². The summed E-state index contributed by atoms with van der Waals surface area (Å²) in [6.45, 7) is 6.74. The van der Waals surface area contributed by atoms with E-state index in [-0.39, 0.29) is 6.10 Å². The Bertz CT molecular complexity index is 160. The average Bonchev–Trinajstić information content (AvgIpc) is 2.51. The van der Waals surface area contributed by atoms with E-state index in [0.29, 0.717) is 26.1 Å². The minimum Gasteiger partial charge on any atom is -0.393 e. The lowest BCUT2D eigenvalue weighted by Gasteiger charge is -2.26. The molecule has 0 aromatic carbocycles. The molecule has 3 nitrogen and oxygen atoms in total. The highest BCUT2D eigenvalue weighted by Crippen LogP contribution is 2.29. The zero-order valence-corrected chi connectivity index (χ0v) is 8.16. The van der Waals surface area contributed by atoms with Crippen LogP contribution < -0.4 is 0 Å². The minimum atomic E-state index is -0.501. The normalized spacial score (nSPS) is 22.9. The summed E-state index contributed by atoms with van der Waals surface area (Å²) in [5, 5.41) is 9.16. The maximum atomic E-state index is 9.16. The van der Waals surface area contributed by atoms with E-state index in [1.807, 2.05) is 0 Å². The van der Waals surface area contributed by atoms with Crippen LogP contribution in [0, 0.1) is 0 Å². The first-order chi connectivity index (χ1) is 6.18. The van der Waals surface area contributed by atoms with Crippen molar-refractivity contribution in [3.63, 3.8) is 0 Å². The summed E-state index contributed by atoms with van der Waals surface area (Å²) in [5.74, 6) is -0.501. The lowest BCUT2D eigenvalue weighted by Crippen LogP contribution is -2.30. The third kappa shape index (κ3) is 3.10. The molecule has 0 aromatic heterocycles. The topological polar surface area (TPSA) is 38.7 Å². The van der Waals surface area contributed by atoms with E-state index in [0.717, 1.165) is 6.42 Å². The van der Waals surface area contributed by atoms with Gasteiger partial charge in [-0.3, -0.25) is 0 Å². The predicted molar refractivity (Wildman–Crippen MR) is 50.4 cm³/mol. The number of hydrogen-bond acceptors (Lipinski definition) is 3. The summed E-state index contributed by atoms with van der Waals surface area (Å²) in [6.07, 6.45) is 3.63. The second-order valence-corrected chi connectivity index (χ2v) is 3.49. The van der Waals surface area contributed by atoms with Crippen molar-refractivity contribution < 1.29 is 14.6 Å². The van der Waals surface area contributed by atoms with Crippen LogP contribution >= 0.6 is 0 Å². The van der Waals surface area contributed by atoms with E-state index < -0.39 is 5.79 Å². The lowest BCUT2D eigenvalue weighted by atomic mass is 10.0. The molecule has 0 aromatic rings. The van der Waals surface area contributed by atoms with Crippen LogP contribution in [0.1, 0.15) is 26.2 Å². The van der Waals surface area contributed by atoms with Crippen LogP contribution in [0.3, 0.4) is 0 Å². The van der Waals surface area contributed by atoms with Crippen molar-refractivity contribution in [2.24, 2.45) is 0 Å². The molecule has 1 atom stereocenters. The standard InChI is InChI=1S/C10H18O3/c1-3-5-10(6-4-9(2)11)12-7-8-13-10/h3,9,11H,1,4-8H2,2H3/t9-/m1/s1. The molecule has 0 bridgehead atoms. The smallest absolute Gasteiger partial charge is 0.171 e. The molecule has 1 rings (SSSR count). The first kappa shape index (κ1) is 10.7. The monoisotopic (exact) mass is 186 g/mol. The zero-order chi connectivity index (χ0) is 9.73. The maximum absolute atomic E-state index is 9.16. The molecule has 0 unspecified atom stereocenters.